The molecule has 0 heterocycles. The minimum Gasteiger partial charge on any atom is -0.459 e. The fourth-order valence-corrected chi connectivity index (χ4v) is 4.57. The quantitative estimate of drug-likeness (QED) is 0.421. The summed E-state index contributed by atoms with van der Waals surface area (Å²) in [6.07, 6.45) is 19.6. The number of hydrogen-bond donors (Lipinski definition) is 0. The van der Waals surface area contributed by atoms with Gasteiger partial charge < -0.3 is 4.74 Å². The van der Waals surface area contributed by atoms with Gasteiger partial charge in [-0.25, -0.2) is 4.79 Å². The number of allylic oxidation sites excluding steroid dienone is 1. The van der Waals surface area contributed by atoms with Crippen LogP contribution in [0.1, 0.15) is 90.9 Å². The normalized spacial score (nSPS) is 32.1. The summed E-state index contributed by atoms with van der Waals surface area (Å²) >= 11 is 0. The second-order valence-electron chi connectivity index (χ2n) is 7.83. The van der Waals surface area contributed by atoms with Crippen LogP contribution in [0.2, 0.25) is 0 Å². The van der Waals surface area contributed by atoms with Gasteiger partial charge in [0.05, 0.1) is 0 Å². The highest BCUT2D eigenvalue weighted by Crippen LogP contribution is 2.36. The smallest absolute Gasteiger partial charge is 0.330 e. The van der Waals surface area contributed by atoms with Gasteiger partial charge in [0.2, 0.25) is 0 Å². The summed E-state index contributed by atoms with van der Waals surface area (Å²) in [6, 6.07) is 0. The van der Waals surface area contributed by atoms with Crippen molar-refractivity contribution in [3.8, 4) is 0 Å². The Hall–Kier alpha value is -0.790. The van der Waals surface area contributed by atoms with Crippen molar-refractivity contribution in [1.82, 2.24) is 0 Å². The van der Waals surface area contributed by atoms with E-state index in [1.807, 2.05) is 6.92 Å². The van der Waals surface area contributed by atoms with E-state index < -0.39 is 0 Å². The Bertz CT molecular complexity index is 358. The molecule has 2 rings (SSSR count). The molecule has 0 aromatic rings. The minimum atomic E-state index is -0.167. The van der Waals surface area contributed by atoms with Crippen molar-refractivity contribution >= 4 is 5.97 Å². The van der Waals surface area contributed by atoms with Crippen LogP contribution in [-0.4, -0.2) is 12.1 Å². The molecule has 2 heteroatoms. The highest BCUT2D eigenvalue weighted by Gasteiger charge is 2.25. The number of carbonyl (C=O) groups excluding carboxylic acids is 1. The summed E-state index contributed by atoms with van der Waals surface area (Å²) in [7, 11) is 0. The van der Waals surface area contributed by atoms with Gasteiger partial charge in [-0.05, 0) is 50.4 Å². The van der Waals surface area contributed by atoms with Crippen molar-refractivity contribution in [3.05, 3.63) is 12.2 Å². The van der Waals surface area contributed by atoms with Crippen molar-refractivity contribution < 1.29 is 9.53 Å². The van der Waals surface area contributed by atoms with Crippen LogP contribution in [0, 0.1) is 17.8 Å². The van der Waals surface area contributed by atoms with E-state index in [2.05, 4.69) is 6.92 Å². The number of ether oxygens (including phenoxy) is 1. The lowest BCUT2D eigenvalue weighted by atomic mass is 9.76. The molecule has 2 fully saturated rings. The SMILES string of the molecule is CC=CC(=O)OC1CCC(CCC2CCC(CCC)CC2)CC1. The molecular weight excluding hydrogens is 284 g/mol. The van der Waals surface area contributed by atoms with Gasteiger partial charge in [-0.1, -0.05) is 64.4 Å². The van der Waals surface area contributed by atoms with Crippen LogP contribution in [0.25, 0.3) is 0 Å². The van der Waals surface area contributed by atoms with Gasteiger partial charge in [-0.15, -0.1) is 0 Å². The number of carbonyl (C=O) groups is 1. The van der Waals surface area contributed by atoms with Gasteiger partial charge >= 0.3 is 5.97 Å². The third-order valence-corrected chi connectivity index (χ3v) is 6.03. The van der Waals surface area contributed by atoms with E-state index in [4.69, 9.17) is 4.74 Å². The zero-order valence-electron chi connectivity index (χ0n) is 15.3. The van der Waals surface area contributed by atoms with E-state index in [1.54, 1.807) is 6.08 Å². The van der Waals surface area contributed by atoms with Gasteiger partial charge in [0.25, 0.3) is 0 Å². The second kappa shape index (κ2) is 10.2. The fourth-order valence-electron chi connectivity index (χ4n) is 4.57. The molecule has 2 aliphatic rings. The molecule has 0 aromatic carbocycles. The van der Waals surface area contributed by atoms with Crippen molar-refractivity contribution in [2.75, 3.05) is 0 Å². The molecule has 2 saturated carbocycles. The highest BCUT2D eigenvalue weighted by atomic mass is 16.5. The Morgan fingerprint density at radius 1 is 0.870 bits per heavy atom. The molecule has 2 nitrogen and oxygen atoms in total. The van der Waals surface area contributed by atoms with Crippen LogP contribution in [0.4, 0.5) is 0 Å². The lowest BCUT2D eigenvalue weighted by Crippen LogP contribution is -2.24. The van der Waals surface area contributed by atoms with E-state index in [0.717, 1.165) is 30.6 Å². The molecule has 132 valence electrons. The Balaban J connectivity index is 1.57. The predicted octanol–water partition coefficient (Wildman–Crippen LogP) is 6.05. The molecule has 0 bridgehead atoms. The molecular formula is C21H36O2. The first-order chi connectivity index (χ1) is 11.2. The molecule has 0 aliphatic heterocycles. The maximum absolute atomic E-state index is 11.5. The monoisotopic (exact) mass is 320 g/mol. The topological polar surface area (TPSA) is 26.3 Å². The van der Waals surface area contributed by atoms with Gasteiger partial charge in [-0.2, -0.15) is 0 Å². The van der Waals surface area contributed by atoms with E-state index >= 15 is 0 Å². The molecule has 0 amide bonds. The van der Waals surface area contributed by atoms with Crippen molar-refractivity contribution in [3.63, 3.8) is 0 Å². The Morgan fingerprint density at radius 2 is 1.35 bits per heavy atom. The maximum Gasteiger partial charge on any atom is 0.330 e. The fraction of sp³-hybridized carbons (Fsp3) is 0.857. The molecule has 0 radical (unpaired) electrons. The second-order valence-corrected chi connectivity index (χ2v) is 7.83. The summed E-state index contributed by atoms with van der Waals surface area (Å²) < 4.78 is 5.48. The molecule has 23 heavy (non-hydrogen) atoms. The first kappa shape index (κ1) is 18.5. The average Bonchev–Trinajstić information content (AvgIpc) is 2.56. The Labute approximate surface area is 143 Å². The van der Waals surface area contributed by atoms with Crippen LogP contribution in [0.15, 0.2) is 12.2 Å². The van der Waals surface area contributed by atoms with Crippen LogP contribution in [0.3, 0.4) is 0 Å². The standard InChI is InChI=1S/C21H36O2/c1-3-5-17-7-9-18(10-8-17)11-12-19-13-15-20(16-14-19)23-21(22)6-4-2/h4,6,17-20H,3,5,7-16H2,1-2H3. The molecule has 0 atom stereocenters. The lowest BCUT2D eigenvalue weighted by Gasteiger charge is -2.31. The summed E-state index contributed by atoms with van der Waals surface area (Å²) in [5.41, 5.74) is 0. The van der Waals surface area contributed by atoms with Crippen LogP contribution < -0.4 is 0 Å². The van der Waals surface area contributed by atoms with Gasteiger partial charge in [0, 0.05) is 6.08 Å². The van der Waals surface area contributed by atoms with Crippen molar-refractivity contribution in [1.29, 1.82) is 0 Å². The van der Waals surface area contributed by atoms with Gasteiger partial charge in [0.15, 0.2) is 0 Å². The number of esters is 1. The third kappa shape index (κ3) is 6.69. The molecule has 0 saturated heterocycles. The van der Waals surface area contributed by atoms with Crippen molar-refractivity contribution in [2.24, 2.45) is 17.8 Å². The Morgan fingerprint density at radius 3 is 1.83 bits per heavy atom. The molecule has 0 N–H and O–H groups in total. The molecule has 0 spiro atoms. The Kier molecular flexibility index (Phi) is 8.19. The minimum absolute atomic E-state index is 0.166. The highest BCUT2D eigenvalue weighted by molar-refractivity contribution is 5.81. The summed E-state index contributed by atoms with van der Waals surface area (Å²) in [4.78, 5) is 11.5. The molecule has 0 unspecified atom stereocenters. The van der Waals surface area contributed by atoms with Crippen LogP contribution >= 0.6 is 0 Å². The zero-order chi connectivity index (χ0) is 16.5. The average molecular weight is 321 g/mol. The van der Waals surface area contributed by atoms with Crippen LogP contribution in [-0.2, 0) is 9.53 Å². The largest absolute Gasteiger partial charge is 0.459 e. The number of hydrogen-bond acceptors (Lipinski definition) is 2. The first-order valence-electron chi connectivity index (χ1n) is 10.0. The predicted molar refractivity (Wildman–Crippen MR) is 96.2 cm³/mol. The molecule has 0 aromatic heterocycles. The van der Waals surface area contributed by atoms with Gasteiger partial charge in [0.1, 0.15) is 6.10 Å². The zero-order valence-corrected chi connectivity index (χ0v) is 15.3. The van der Waals surface area contributed by atoms with Gasteiger partial charge in [-0.3, -0.25) is 0 Å². The van der Waals surface area contributed by atoms with E-state index in [-0.39, 0.29) is 12.1 Å². The lowest BCUT2D eigenvalue weighted by molar-refractivity contribution is -0.144. The summed E-state index contributed by atoms with van der Waals surface area (Å²) in [6.45, 7) is 4.17. The maximum atomic E-state index is 11.5. The third-order valence-electron chi connectivity index (χ3n) is 6.03. The van der Waals surface area contributed by atoms with Crippen LogP contribution in [0.5, 0.6) is 0 Å². The van der Waals surface area contributed by atoms with Crippen molar-refractivity contribution in [2.45, 2.75) is 97.0 Å². The van der Waals surface area contributed by atoms with E-state index in [1.165, 1.54) is 70.3 Å². The molecule has 2 aliphatic carbocycles. The summed E-state index contributed by atoms with van der Waals surface area (Å²) in [5, 5.41) is 0. The number of rotatable bonds is 7. The summed E-state index contributed by atoms with van der Waals surface area (Å²) in [5.74, 6) is 2.73. The van der Waals surface area contributed by atoms with E-state index in [0.29, 0.717) is 0 Å². The van der Waals surface area contributed by atoms with E-state index in [9.17, 15) is 4.79 Å². The first-order valence-corrected chi connectivity index (χ1v) is 10.0.